The third kappa shape index (κ3) is 4.32. The van der Waals surface area contributed by atoms with Crippen LogP contribution in [0.25, 0.3) is 0 Å². The summed E-state index contributed by atoms with van der Waals surface area (Å²) in [6.45, 7) is 1.81. The van der Waals surface area contributed by atoms with Crippen LogP contribution in [0.2, 0.25) is 0 Å². The Morgan fingerprint density at radius 2 is 1.91 bits per heavy atom. The van der Waals surface area contributed by atoms with Crippen molar-refractivity contribution in [3.8, 4) is 0 Å². The normalized spacial score (nSPS) is 11.2. The number of hydrazone groups is 1. The number of thiocarbonyl (C=S) groups is 1. The molecule has 7 heteroatoms. The molecule has 0 aliphatic heterocycles. The molecule has 2 aromatic carbocycles. The number of anilines is 1. The zero-order valence-electron chi connectivity index (χ0n) is 11.5. The van der Waals surface area contributed by atoms with Crippen LogP contribution in [-0.2, 0) is 0 Å². The summed E-state index contributed by atoms with van der Waals surface area (Å²) in [5, 5.41) is 6.86. The number of benzene rings is 2. The number of nitrogens with zero attached hydrogens (tertiary/aromatic N) is 1. The van der Waals surface area contributed by atoms with Gasteiger partial charge in [-0.1, -0.05) is 34.1 Å². The molecule has 0 aromatic heterocycles. The minimum absolute atomic E-state index is 0.0765. The summed E-state index contributed by atoms with van der Waals surface area (Å²) in [6.07, 6.45) is 0. The summed E-state index contributed by atoms with van der Waals surface area (Å²) in [6, 6.07) is 10.8. The predicted octanol–water partition coefficient (Wildman–Crippen LogP) is 4.44. The first-order valence-electron chi connectivity index (χ1n) is 6.28. The van der Waals surface area contributed by atoms with Gasteiger partial charge in [0.25, 0.3) is 0 Å². The van der Waals surface area contributed by atoms with Crippen LogP contribution < -0.4 is 10.7 Å². The number of nitrogens with one attached hydrogen (secondary N) is 2. The van der Waals surface area contributed by atoms with Gasteiger partial charge in [0.05, 0.1) is 11.4 Å². The van der Waals surface area contributed by atoms with E-state index in [4.69, 9.17) is 12.2 Å². The zero-order chi connectivity index (χ0) is 16.1. The van der Waals surface area contributed by atoms with Gasteiger partial charge in [-0.05, 0) is 37.3 Å². The van der Waals surface area contributed by atoms with E-state index in [-0.39, 0.29) is 10.8 Å². The molecule has 0 fully saturated rings. The number of hydrogen-bond acceptors (Lipinski definition) is 2. The smallest absolute Gasteiger partial charge is 0.191 e. The van der Waals surface area contributed by atoms with Crippen molar-refractivity contribution in [1.29, 1.82) is 0 Å². The Balaban J connectivity index is 2.03. The largest absolute Gasteiger partial charge is 0.329 e. The second-order valence-corrected chi connectivity index (χ2v) is 5.63. The van der Waals surface area contributed by atoms with Gasteiger partial charge >= 0.3 is 0 Å². The molecule has 0 amide bonds. The van der Waals surface area contributed by atoms with Crippen molar-refractivity contribution >= 4 is 44.7 Å². The lowest BCUT2D eigenvalue weighted by Crippen LogP contribution is -2.25. The summed E-state index contributed by atoms with van der Waals surface area (Å²) in [4.78, 5) is 0. The van der Waals surface area contributed by atoms with E-state index in [9.17, 15) is 8.78 Å². The summed E-state index contributed by atoms with van der Waals surface area (Å²) in [5.41, 5.74) is 4.31. The molecule has 0 unspecified atom stereocenters. The summed E-state index contributed by atoms with van der Waals surface area (Å²) >= 11 is 8.46. The molecule has 0 saturated carbocycles. The van der Waals surface area contributed by atoms with Crippen molar-refractivity contribution < 1.29 is 8.78 Å². The highest BCUT2D eigenvalue weighted by Crippen LogP contribution is 2.17. The Bertz CT molecular complexity index is 734. The molecule has 0 spiro atoms. The first-order valence-corrected chi connectivity index (χ1v) is 7.48. The molecule has 0 radical (unpaired) electrons. The van der Waals surface area contributed by atoms with E-state index in [2.05, 4.69) is 31.8 Å². The van der Waals surface area contributed by atoms with E-state index in [1.165, 1.54) is 6.07 Å². The van der Waals surface area contributed by atoms with Gasteiger partial charge in [-0.25, -0.2) is 8.78 Å². The molecule has 0 aliphatic carbocycles. The minimum atomic E-state index is -0.726. The molecule has 114 valence electrons. The molecule has 0 heterocycles. The lowest BCUT2D eigenvalue weighted by atomic mass is 10.1. The van der Waals surface area contributed by atoms with E-state index in [1.54, 1.807) is 0 Å². The lowest BCUT2D eigenvalue weighted by Gasteiger charge is -2.09. The topological polar surface area (TPSA) is 36.4 Å². The van der Waals surface area contributed by atoms with Gasteiger partial charge in [-0.2, -0.15) is 5.10 Å². The van der Waals surface area contributed by atoms with Crippen molar-refractivity contribution in [3.05, 3.63) is 64.1 Å². The van der Waals surface area contributed by atoms with Crippen LogP contribution in [0.15, 0.2) is 52.0 Å². The predicted molar refractivity (Wildman–Crippen MR) is 92.1 cm³/mol. The van der Waals surface area contributed by atoms with Crippen LogP contribution in [0.1, 0.15) is 12.5 Å². The van der Waals surface area contributed by atoms with Crippen LogP contribution in [0.3, 0.4) is 0 Å². The van der Waals surface area contributed by atoms with Crippen LogP contribution in [-0.4, -0.2) is 10.8 Å². The second kappa shape index (κ2) is 7.42. The van der Waals surface area contributed by atoms with Crippen molar-refractivity contribution in [3.63, 3.8) is 0 Å². The van der Waals surface area contributed by atoms with Gasteiger partial charge in [-0.3, -0.25) is 5.43 Å². The average Bonchev–Trinajstić information content (AvgIpc) is 2.48. The van der Waals surface area contributed by atoms with E-state index >= 15 is 0 Å². The fourth-order valence-electron chi connectivity index (χ4n) is 1.69. The highest BCUT2D eigenvalue weighted by atomic mass is 79.9. The molecule has 0 aliphatic rings. The molecule has 0 bridgehead atoms. The number of halogens is 3. The molecular formula is C15H12BrF2N3S. The van der Waals surface area contributed by atoms with Crippen LogP contribution in [0.5, 0.6) is 0 Å². The second-order valence-electron chi connectivity index (χ2n) is 4.37. The Kier molecular flexibility index (Phi) is 5.57. The minimum Gasteiger partial charge on any atom is -0.329 e. The molecule has 22 heavy (non-hydrogen) atoms. The molecular weight excluding hydrogens is 372 g/mol. The van der Waals surface area contributed by atoms with Gasteiger partial charge in [0.1, 0.15) is 11.6 Å². The maximum absolute atomic E-state index is 13.5. The maximum Gasteiger partial charge on any atom is 0.191 e. The fraction of sp³-hybridized carbons (Fsp3) is 0.0667. The monoisotopic (exact) mass is 383 g/mol. The molecule has 2 rings (SSSR count). The molecule has 2 N–H and O–H groups in total. The standard InChI is InChI=1S/C15H12BrF2N3S/c1-9(11-4-2-3-5-12(11)16)20-21-15(22)19-14-7-6-10(17)8-13(14)18/h2-8H,1H3,(H2,19,21,22)/b20-9+. The van der Waals surface area contributed by atoms with E-state index < -0.39 is 11.6 Å². The summed E-state index contributed by atoms with van der Waals surface area (Å²) < 4.78 is 27.2. The van der Waals surface area contributed by atoms with Crippen molar-refractivity contribution in [2.45, 2.75) is 6.92 Å². The van der Waals surface area contributed by atoms with Gasteiger partial charge < -0.3 is 5.32 Å². The Morgan fingerprint density at radius 1 is 1.18 bits per heavy atom. The van der Waals surface area contributed by atoms with Crippen LogP contribution in [0, 0.1) is 11.6 Å². The highest BCUT2D eigenvalue weighted by molar-refractivity contribution is 9.10. The number of rotatable bonds is 3. The molecule has 0 atom stereocenters. The van der Waals surface area contributed by atoms with Crippen molar-refractivity contribution in [1.82, 2.24) is 5.43 Å². The van der Waals surface area contributed by atoms with E-state index in [0.717, 1.165) is 22.2 Å². The van der Waals surface area contributed by atoms with Crippen LogP contribution in [0.4, 0.5) is 14.5 Å². The lowest BCUT2D eigenvalue weighted by molar-refractivity contribution is 0.586. The van der Waals surface area contributed by atoms with Crippen LogP contribution >= 0.6 is 28.1 Å². The van der Waals surface area contributed by atoms with Crippen molar-refractivity contribution in [2.24, 2.45) is 5.10 Å². The van der Waals surface area contributed by atoms with E-state index in [1.807, 2.05) is 31.2 Å². The van der Waals surface area contributed by atoms with Gasteiger partial charge in [0, 0.05) is 16.1 Å². The van der Waals surface area contributed by atoms with Gasteiger partial charge in [-0.15, -0.1) is 0 Å². The quantitative estimate of drug-likeness (QED) is 0.467. The summed E-state index contributed by atoms with van der Waals surface area (Å²) in [7, 11) is 0. The SMILES string of the molecule is C/C(=N\NC(=S)Nc1ccc(F)cc1F)c1ccccc1Br. The Labute approximate surface area is 140 Å². The first-order chi connectivity index (χ1) is 10.5. The maximum atomic E-state index is 13.5. The molecule has 2 aromatic rings. The molecule has 0 saturated heterocycles. The van der Waals surface area contributed by atoms with Gasteiger partial charge in [0.15, 0.2) is 5.11 Å². The highest BCUT2D eigenvalue weighted by Gasteiger charge is 2.06. The molecule has 3 nitrogen and oxygen atoms in total. The average molecular weight is 384 g/mol. The van der Waals surface area contributed by atoms with Crippen molar-refractivity contribution in [2.75, 3.05) is 5.32 Å². The first kappa shape index (κ1) is 16.5. The van der Waals surface area contributed by atoms with E-state index in [0.29, 0.717) is 5.71 Å². The third-order valence-electron chi connectivity index (χ3n) is 2.77. The third-order valence-corrected chi connectivity index (χ3v) is 3.65. The Hall–Kier alpha value is -1.86. The number of hydrogen-bond donors (Lipinski definition) is 2. The Morgan fingerprint density at radius 3 is 2.59 bits per heavy atom. The fourth-order valence-corrected chi connectivity index (χ4v) is 2.42. The van der Waals surface area contributed by atoms with Gasteiger partial charge in [0.2, 0.25) is 0 Å². The zero-order valence-corrected chi connectivity index (χ0v) is 13.9. The summed E-state index contributed by atoms with van der Waals surface area (Å²) in [5.74, 6) is -1.37.